The number of nitrogens with one attached hydrogen (secondary N) is 1. The Kier molecular flexibility index (Phi) is 8.26. The van der Waals surface area contributed by atoms with Gasteiger partial charge in [-0.15, -0.1) is 0 Å². The van der Waals surface area contributed by atoms with Gasteiger partial charge in [-0.1, -0.05) is 11.6 Å². The van der Waals surface area contributed by atoms with Gasteiger partial charge in [0.1, 0.15) is 6.54 Å². The van der Waals surface area contributed by atoms with Crippen molar-refractivity contribution in [2.75, 3.05) is 25.6 Å². The molecular formula is C21H17Br2ClN2O5S. The molecule has 1 aliphatic heterocycles. The zero-order chi connectivity index (χ0) is 23.4. The molecule has 0 spiro atoms. The van der Waals surface area contributed by atoms with E-state index in [1.165, 1.54) is 7.11 Å². The second-order valence-electron chi connectivity index (χ2n) is 6.41. The summed E-state index contributed by atoms with van der Waals surface area (Å²) in [7, 11) is 1.51. The van der Waals surface area contributed by atoms with Gasteiger partial charge < -0.3 is 14.8 Å². The van der Waals surface area contributed by atoms with Crippen LogP contribution in [0.3, 0.4) is 0 Å². The number of benzene rings is 2. The van der Waals surface area contributed by atoms with Crippen molar-refractivity contribution in [2.45, 2.75) is 6.92 Å². The van der Waals surface area contributed by atoms with Crippen LogP contribution in [0.5, 0.6) is 11.5 Å². The molecule has 168 valence electrons. The van der Waals surface area contributed by atoms with E-state index in [4.69, 9.17) is 21.1 Å². The third kappa shape index (κ3) is 5.67. The minimum atomic E-state index is -0.548. The van der Waals surface area contributed by atoms with E-state index in [0.717, 1.165) is 16.7 Å². The molecule has 1 saturated heterocycles. The first kappa shape index (κ1) is 24.6. The highest BCUT2D eigenvalue weighted by molar-refractivity contribution is 9.10. The molecular weight excluding hydrogens is 588 g/mol. The van der Waals surface area contributed by atoms with Crippen LogP contribution in [0, 0.1) is 0 Å². The number of hydrogen-bond donors (Lipinski definition) is 1. The second kappa shape index (κ2) is 10.7. The van der Waals surface area contributed by atoms with E-state index in [1.807, 2.05) is 6.92 Å². The number of methoxy groups -OCH3 is 1. The number of ether oxygens (including phenoxy) is 2. The van der Waals surface area contributed by atoms with Crippen molar-refractivity contribution in [2.24, 2.45) is 0 Å². The largest absolute Gasteiger partial charge is 0.493 e. The van der Waals surface area contributed by atoms with Crippen LogP contribution in [0.25, 0.3) is 6.08 Å². The topological polar surface area (TPSA) is 84.9 Å². The van der Waals surface area contributed by atoms with Crippen LogP contribution >= 0.6 is 55.2 Å². The van der Waals surface area contributed by atoms with Crippen LogP contribution < -0.4 is 14.8 Å². The van der Waals surface area contributed by atoms with Gasteiger partial charge in [0.15, 0.2) is 11.5 Å². The van der Waals surface area contributed by atoms with Crippen molar-refractivity contribution in [1.82, 2.24) is 4.90 Å². The second-order valence-corrected chi connectivity index (χ2v) is 9.52. The molecule has 3 amide bonds. The van der Waals surface area contributed by atoms with Gasteiger partial charge in [0.25, 0.3) is 11.1 Å². The van der Waals surface area contributed by atoms with Crippen LogP contribution in [0.1, 0.15) is 12.5 Å². The standard InChI is InChI=1S/C21H17Br2ClN2O5S/c1-3-31-19-14(23)6-11(7-16(19)30-2)8-17-20(28)26(21(29)32-17)10-18(27)25-12-4-5-13(22)15(24)9-12/h4-9H,3,10H2,1-2H3,(H,25,27)/b17-8+. The third-order valence-corrected chi connectivity index (χ3v) is 6.95. The molecule has 1 fully saturated rings. The Morgan fingerprint density at radius 1 is 1.22 bits per heavy atom. The Balaban J connectivity index is 1.75. The smallest absolute Gasteiger partial charge is 0.294 e. The predicted molar refractivity (Wildman–Crippen MR) is 132 cm³/mol. The molecule has 0 bridgehead atoms. The van der Waals surface area contributed by atoms with Crippen molar-refractivity contribution in [3.05, 3.63) is 54.8 Å². The lowest BCUT2D eigenvalue weighted by Crippen LogP contribution is -2.36. The summed E-state index contributed by atoms with van der Waals surface area (Å²) < 4.78 is 12.3. The molecule has 2 aromatic rings. The number of amides is 3. The maximum Gasteiger partial charge on any atom is 0.294 e. The molecule has 0 radical (unpaired) electrons. The van der Waals surface area contributed by atoms with Crippen LogP contribution in [0.2, 0.25) is 5.02 Å². The van der Waals surface area contributed by atoms with E-state index >= 15 is 0 Å². The van der Waals surface area contributed by atoms with Crippen molar-refractivity contribution in [3.8, 4) is 11.5 Å². The van der Waals surface area contributed by atoms with Gasteiger partial charge in [-0.25, -0.2) is 0 Å². The normalized spacial score (nSPS) is 14.8. The summed E-state index contributed by atoms with van der Waals surface area (Å²) in [5.74, 6) is -0.0328. The Bertz CT molecular complexity index is 1130. The predicted octanol–water partition coefficient (Wildman–Crippen LogP) is 5.95. The maximum atomic E-state index is 12.8. The van der Waals surface area contributed by atoms with Gasteiger partial charge in [-0.05, 0) is 92.5 Å². The molecule has 32 heavy (non-hydrogen) atoms. The molecule has 1 aliphatic rings. The van der Waals surface area contributed by atoms with E-state index in [0.29, 0.717) is 43.3 Å². The van der Waals surface area contributed by atoms with Crippen LogP contribution in [-0.2, 0) is 9.59 Å². The summed E-state index contributed by atoms with van der Waals surface area (Å²) in [6, 6.07) is 8.36. The summed E-state index contributed by atoms with van der Waals surface area (Å²) in [5, 5.41) is 2.53. The number of halogens is 3. The third-order valence-electron chi connectivity index (χ3n) is 4.22. The Labute approximate surface area is 210 Å². The van der Waals surface area contributed by atoms with Crippen molar-refractivity contribution < 1.29 is 23.9 Å². The molecule has 0 aliphatic carbocycles. The fraction of sp³-hybridized carbons (Fsp3) is 0.190. The van der Waals surface area contributed by atoms with Gasteiger partial charge in [0.05, 0.1) is 28.1 Å². The first-order valence-electron chi connectivity index (χ1n) is 9.24. The summed E-state index contributed by atoms with van der Waals surface area (Å²) in [6.07, 6.45) is 1.57. The van der Waals surface area contributed by atoms with Crippen LogP contribution in [-0.4, -0.2) is 42.2 Å². The molecule has 3 rings (SSSR count). The Morgan fingerprint density at radius 3 is 2.62 bits per heavy atom. The number of hydrogen-bond acceptors (Lipinski definition) is 6. The molecule has 2 aromatic carbocycles. The molecule has 0 unspecified atom stereocenters. The van der Waals surface area contributed by atoms with Gasteiger partial charge in [0, 0.05) is 10.2 Å². The first-order chi connectivity index (χ1) is 15.2. The molecule has 7 nitrogen and oxygen atoms in total. The summed E-state index contributed by atoms with van der Waals surface area (Å²) >= 11 is 13.5. The minimum absolute atomic E-state index is 0.201. The highest BCUT2D eigenvalue weighted by Gasteiger charge is 2.36. The van der Waals surface area contributed by atoms with E-state index < -0.39 is 23.6 Å². The van der Waals surface area contributed by atoms with E-state index in [-0.39, 0.29) is 4.91 Å². The minimum Gasteiger partial charge on any atom is -0.493 e. The number of anilines is 1. The highest BCUT2D eigenvalue weighted by Crippen LogP contribution is 2.39. The molecule has 0 atom stereocenters. The number of imide groups is 1. The lowest BCUT2D eigenvalue weighted by atomic mass is 10.2. The summed E-state index contributed by atoms with van der Waals surface area (Å²) in [5.41, 5.74) is 1.09. The fourth-order valence-electron chi connectivity index (χ4n) is 2.81. The molecule has 1 N–H and O–H groups in total. The van der Waals surface area contributed by atoms with Crippen molar-refractivity contribution in [3.63, 3.8) is 0 Å². The van der Waals surface area contributed by atoms with Crippen molar-refractivity contribution in [1.29, 1.82) is 0 Å². The average Bonchev–Trinajstić information content (AvgIpc) is 2.99. The van der Waals surface area contributed by atoms with E-state index in [9.17, 15) is 14.4 Å². The zero-order valence-electron chi connectivity index (χ0n) is 16.9. The highest BCUT2D eigenvalue weighted by atomic mass is 79.9. The van der Waals surface area contributed by atoms with Gasteiger partial charge in [-0.3, -0.25) is 19.3 Å². The molecule has 0 saturated carbocycles. The van der Waals surface area contributed by atoms with Gasteiger partial charge in [-0.2, -0.15) is 0 Å². The fourth-order valence-corrected chi connectivity index (χ4v) is 4.65. The Hall–Kier alpha value is -2.01. The average molecular weight is 605 g/mol. The SMILES string of the molecule is CCOc1c(Br)cc(/C=C2/SC(=O)N(CC(=O)Nc3ccc(Br)c(Cl)c3)C2=O)cc1OC. The maximum absolute atomic E-state index is 12.8. The van der Waals surface area contributed by atoms with Crippen LogP contribution in [0.15, 0.2) is 44.2 Å². The van der Waals surface area contributed by atoms with Crippen molar-refractivity contribution >= 4 is 84.0 Å². The first-order valence-corrected chi connectivity index (χ1v) is 12.0. The number of rotatable bonds is 7. The molecule has 11 heteroatoms. The molecule has 1 heterocycles. The zero-order valence-corrected chi connectivity index (χ0v) is 21.7. The van der Waals surface area contributed by atoms with Gasteiger partial charge in [0.2, 0.25) is 5.91 Å². The van der Waals surface area contributed by atoms with Crippen LogP contribution in [0.4, 0.5) is 10.5 Å². The lowest BCUT2D eigenvalue weighted by Gasteiger charge is -2.13. The summed E-state index contributed by atoms with van der Waals surface area (Å²) in [4.78, 5) is 38.6. The van der Waals surface area contributed by atoms with Gasteiger partial charge >= 0.3 is 0 Å². The number of carbonyl (C=O) groups is 3. The quantitative estimate of drug-likeness (QED) is 0.394. The van der Waals surface area contributed by atoms with E-state index in [2.05, 4.69) is 37.2 Å². The number of thioether (sulfide) groups is 1. The number of carbonyl (C=O) groups excluding carboxylic acids is 3. The number of nitrogens with zero attached hydrogens (tertiary/aromatic N) is 1. The monoisotopic (exact) mass is 602 g/mol. The Morgan fingerprint density at radius 2 is 1.97 bits per heavy atom. The lowest BCUT2D eigenvalue weighted by molar-refractivity contribution is -0.127. The molecule has 0 aromatic heterocycles. The van der Waals surface area contributed by atoms with E-state index in [1.54, 1.807) is 36.4 Å². The summed E-state index contributed by atoms with van der Waals surface area (Å²) in [6.45, 7) is 1.91.